The van der Waals surface area contributed by atoms with E-state index in [0.29, 0.717) is 5.75 Å². The van der Waals surface area contributed by atoms with Crippen LogP contribution in [0.1, 0.15) is 57.9 Å². The molecule has 1 aromatic carbocycles. The van der Waals surface area contributed by atoms with E-state index in [4.69, 9.17) is 0 Å². The molecule has 1 N–H and O–H groups in total. The summed E-state index contributed by atoms with van der Waals surface area (Å²) in [4.78, 5) is 2.61. The van der Waals surface area contributed by atoms with E-state index in [0.717, 1.165) is 0 Å². The summed E-state index contributed by atoms with van der Waals surface area (Å²) in [7, 11) is 0. The maximum Gasteiger partial charge on any atom is 0.115 e. The molecule has 0 aliphatic carbocycles. The predicted octanol–water partition coefficient (Wildman–Crippen LogP) is 4.33. The molecule has 1 heterocycles. The van der Waals surface area contributed by atoms with E-state index in [9.17, 15) is 5.11 Å². The van der Waals surface area contributed by atoms with Crippen molar-refractivity contribution in [3.05, 3.63) is 29.8 Å². The average Bonchev–Trinajstić information content (AvgIpc) is 2.46. The zero-order chi connectivity index (χ0) is 14.4. The summed E-state index contributed by atoms with van der Waals surface area (Å²) in [5, 5.41) is 9.67. The number of piperidine rings is 1. The van der Waals surface area contributed by atoms with E-state index < -0.39 is 0 Å². The first kappa shape index (κ1) is 15.4. The van der Waals surface area contributed by atoms with Crippen LogP contribution in [0.3, 0.4) is 0 Å². The molecule has 0 bridgehead atoms. The molecule has 0 atom stereocenters. The molecule has 2 nitrogen and oxygen atoms in total. The number of benzene rings is 1. The molecule has 0 amide bonds. The molecular formula is C18H29NO. The van der Waals surface area contributed by atoms with Crippen molar-refractivity contribution in [3.8, 4) is 5.75 Å². The van der Waals surface area contributed by atoms with E-state index in [2.05, 4.69) is 24.8 Å². The number of aromatic hydroxyl groups is 1. The number of unbranched alkanes of at least 4 members (excludes halogenated alkanes) is 3. The van der Waals surface area contributed by atoms with E-state index in [1.807, 2.05) is 12.1 Å². The normalized spacial score (nSPS) is 19.1. The van der Waals surface area contributed by atoms with Crippen LogP contribution < -0.4 is 0 Å². The fraction of sp³-hybridized carbons (Fsp3) is 0.667. The van der Waals surface area contributed by atoms with Gasteiger partial charge in [-0.15, -0.1) is 0 Å². The topological polar surface area (TPSA) is 23.5 Å². The van der Waals surface area contributed by atoms with E-state index in [1.165, 1.54) is 63.7 Å². The largest absolute Gasteiger partial charge is 0.508 e. The molecule has 0 unspecified atom stereocenters. The van der Waals surface area contributed by atoms with Gasteiger partial charge < -0.3 is 10.0 Å². The van der Waals surface area contributed by atoms with Crippen molar-refractivity contribution in [1.82, 2.24) is 4.90 Å². The Morgan fingerprint density at radius 1 is 1.15 bits per heavy atom. The summed E-state index contributed by atoms with van der Waals surface area (Å²) in [5.74, 6) is 0.394. The average molecular weight is 275 g/mol. The Bertz CT molecular complexity index is 408. The lowest BCUT2D eigenvalue weighted by molar-refractivity contribution is 0.166. The lowest BCUT2D eigenvalue weighted by Crippen LogP contribution is -2.41. The Kier molecular flexibility index (Phi) is 5.47. The van der Waals surface area contributed by atoms with E-state index in [-0.39, 0.29) is 5.41 Å². The first-order valence-corrected chi connectivity index (χ1v) is 8.16. The van der Waals surface area contributed by atoms with Gasteiger partial charge in [0, 0.05) is 0 Å². The smallest absolute Gasteiger partial charge is 0.115 e. The van der Waals surface area contributed by atoms with Crippen LogP contribution in [0.15, 0.2) is 24.3 Å². The van der Waals surface area contributed by atoms with Crippen molar-refractivity contribution in [3.63, 3.8) is 0 Å². The molecule has 0 radical (unpaired) electrons. The van der Waals surface area contributed by atoms with Gasteiger partial charge >= 0.3 is 0 Å². The fourth-order valence-electron chi connectivity index (χ4n) is 3.20. The first-order chi connectivity index (χ1) is 9.64. The zero-order valence-corrected chi connectivity index (χ0v) is 13.1. The van der Waals surface area contributed by atoms with Crippen molar-refractivity contribution in [2.75, 3.05) is 19.6 Å². The van der Waals surface area contributed by atoms with Gasteiger partial charge in [0.1, 0.15) is 5.75 Å². The summed E-state index contributed by atoms with van der Waals surface area (Å²) in [5.41, 5.74) is 1.53. The van der Waals surface area contributed by atoms with Crippen LogP contribution in [-0.4, -0.2) is 29.6 Å². The third-order valence-corrected chi connectivity index (χ3v) is 4.83. The van der Waals surface area contributed by atoms with E-state index in [1.54, 1.807) is 6.07 Å². The van der Waals surface area contributed by atoms with Crippen LogP contribution >= 0.6 is 0 Å². The molecule has 1 aliphatic heterocycles. The second-order valence-corrected chi connectivity index (χ2v) is 6.51. The molecule has 1 saturated heterocycles. The van der Waals surface area contributed by atoms with Gasteiger partial charge in [-0.05, 0) is 62.0 Å². The number of hydrogen-bond acceptors (Lipinski definition) is 2. The summed E-state index contributed by atoms with van der Waals surface area (Å²) in [6.07, 6.45) is 7.80. The minimum absolute atomic E-state index is 0.235. The SMILES string of the molecule is CCCCCCN1CCC(C)(c2cccc(O)c2)CC1. The minimum Gasteiger partial charge on any atom is -0.508 e. The predicted molar refractivity (Wildman–Crippen MR) is 85.3 cm³/mol. The molecule has 0 spiro atoms. The van der Waals surface area contributed by atoms with Gasteiger partial charge in [0.2, 0.25) is 0 Å². The number of hydrogen-bond donors (Lipinski definition) is 1. The van der Waals surface area contributed by atoms with Crippen molar-refractivity contribution >= 4 is 0 Å². The molecule has 2 rings (SSSR count). The molecule has 0 aromatic heterocycles. The quantitative estimate of drug-likeness (QED) is 0.781. The highest BCUT2D eigenvalue weighted by atomic mass is 16.3. The minimum atomic E-state index is 0.235. The number of phenolic OH excluding ortho intramolecular Hbond substituents is 1. The van der Waals surface area contributed by atoms with Crippen molar-refractivity contribution < 1.29 is 5.11 Å². The maximum atomic E-state index is 9.67. The highest BCUT2D eigenvalue weighted by Gasteiger charge is 2.31. The van der Waals surface area contributed by atoms with Crippen molar-refractivity contribution in [1.29, 1.82) is 0 Å². The molecule has 0 saturated carbocycles. The van der Waals surface area contributed by atoms with Gasteiger partial charge in [0.25, 0.3) is 0 Å². The van der Waals surface area contributed by atoms with Gasteiger partial charge in [-0.25, -0.2) is 0 Å². The Morgan fingerprint density at radius 2 is 1.90 bits per heavy atom. The number of nitrogens with zero attached hydrogens (tertiary/aromatic N) is 1. The van der Waals surface area contributed by atoms with Crippen LogP contribution in [0.2, 0.25) is 0 Å². The number of rotatable bonds is 6. The van der Waals surface area contributed by atoms with Crippen LogP contribution in [0.25, 0.3) is 0 Å². The number of likely N-dealkylation sites (tertiary alicyclic amines) is 1. The highest BCUT2D eigenvalue weighted by Crippen LogP contribution is 2.36. The lowest BCUT2D eigenvalue weighted by atomic mass is 9.74. The lowest BCUT2D eigenvalue weighted by Gasteiger charge is -2.40. The zero-order valence-electron chi connectivity index (χ0n) is 13.1. The third-order valence-electron chi connectivity index (χ3n) is 4.83. The van der Waals surface area contributed by atoms with Crippen LogP contribution in [0.5, 0.6) is 5.75 Å². The van der Waals surface area contributed by atoms with Crippen LogP contribution in [0.4, 0.5) is 0 Å². The second kappa shape index (κ2) is 7.12. The van der Waals surface area contributed by atoms with Crippen molar-refractivity contribution in [2.24, 2.45) is 0 Å². The molecule has 2 heteroatoms. The maximum absolute atomic E-state index is 9.67. The van der Waals surface area contributed by atoms with Crippen molar-refractivity contribution in [2.45, 2.75) is 57.8 Å². The standard InChI is InChI=1S/C18H29NO/c1-3-4-5-6-12-19-13-10-18(2,11-14-19)16-8-7-9-17(20)15-16/h7-9,15,20H,3-6,10-14H2,1-2H3. The first-order valence-electron chi connectivity index (χ1n) is 8.16. The Hall–Kier alpha value is -1.02. The summed E-state index contributed by atoms with van der Waals surface area (Å²) in [6, 6.07) is 7.83. The van der Waals surface area contributed by atoms with Gasteiger partial charge in [0.05, 0.1) is 0 Å². The molecule has 1 fully saturated rings. The summed E-state index contributed by atoms with van der Waals surface area (Å²) >= 11 is 0. The summed E-state index contributed by atoms with van der Waals surface area (Å²) < 4.78 is 0. The van der Waals surface area contributed by atoms with Gasteiger partial charge in [-0.1, -0.05) is 45.2 Å². The molecule has 1 aromatic rings. The number of phenols is 1. The summed E-state index contributed by atoms with van der Waals surface area (Å²) in [6.45, 7) is 8.25. The Balaban J connectivity index is 1.83. The molecule has 20 heavy (non-hydrogen) atoms. The molecule has 112 valence electrons. The van der Waals surface area contributed by atoms with Gasteiger partial charge in [-0.2, -0.15) is 0 Å². The van der Waals surface area contributed by atoms with Gasteiger partial charge in [-0.3, -0.25) is 0 Å². The molecular weight excluding hydrogens is 246 g/mol. The third kappa shape index (κ3) is 3.99. The van der Waals surface area contributed by atoms with Gasteiger partial charge in [0.15, 0.2) is 0 Å². The second-order valence-electron chi connectivity index (χ2n) is 6.51. The fourth-order valence-corrected chi connectivity index (χ4v) is 3.20. The Labute approximate surface area is 123 Å². The van der Waals surface area contributed by atoms with Crippen LogP contribution in [0, 0.1) is 0 Å². The van der Waals surface area contributed by atoms with Crippen LogP contribution in [-0.2, 0) is 5.41 Å². The molecule has 1 aliphatic rings. The Morgan fingerprint density at radius 3 is 2.55 bits per heavy atom. The monoisotopic (exact) mass is 275 g/mol. The van der Waals surface area contributed by atoms with E-state index >= 15 is 0 Å². The highest BCUT2D eigenvalue weighted by molar-refractivity contribution is 5.33.